The maximum Gasteiger partial charge on any atom is 0.125 e. The van der Waals surface area contributed by atoms with Gasteiger partial charge in [-0.15, -0.1) is 0 Å². The van der Waals surface area contributed by atoms with Crippen molar-refractivity contribution in [2.24, 2.45) is 0 Å². The van der Waals surface area contributed by atoms with Gasteiger partial charge in [0.2, 0.25) is 0 Å². The van der Waals surface area contributed by atoms with Crippen LogP contribution < -0.4 is 10.1 Å². The van der Waals surface area contributed by atoms with Gasteiger partial charge in [0, 0.05) is 24.8 Å². The molecule has 0 amide bonds. The second-order valence-corrected chi connectivity index (χ2v) is 7.03. The highest BCUT2D eigenvalue weighted by Crippen LogP contribution is 2.30. The molecule has 0 fully saturated rings. The second kappa shape index (κ2) is 9.01. The predicted molar refractivity (Wildman–Crippen MR) is 104 cm³/mol. The van der Waals surface area contributed by atoms with Gasteiger partial charge in [-0.2, -0.15) is 0 Å². The van der Waals surface area contributed by atoms with Crippen LogP contribution >= 0.6 is 0 Å². The fourth-order valence-electron chi connectivity index (χ4n) is 3.06. The normalized spacial score (nSPS) is 18.9. The minimum atomic E-state index is 0.0212. The number of hydrogen-bond acceptors (Lipinski definition) is 4. The molecule has 2 atom stereocenters. The first-order valence-electron chi connectivity index (χ1n) is 9.43. The molecule has 140 valence electrons. The molecule has 1 heterocycles. The average Bonchev–Trinajstić information content (AvgIpc) is 3.11. The summed E-state index contributed by atoms with van der Waals surface area (Å²) in [5.41, 5.74) is 3.41. The highest BCUT2D eigenvalue weighted by atomic mass is 16.5. The SMILES string of the molecule is CC(C)OCCCNCc1ccc(OC2C=Cc3nc[nH]c3C2C)cc1. The van der Waals surface area contributed by atoms with Gasteiger partial charge in [0.25, 0.3) is 0 Å². The molecule has 0 aliphatic heterocycles. The van der Waals surface area contributed by atoms with Crippen LogP contribution in [0.15, 0.2) is 36.7 Å². The lowest BCUT2D eigenvalue weighted by Gasteiger charge is -2.25. The Hall–Kier alpha value is -2.11. The van der Waals surface area contributed by atoms with Crippen molar-refractivity contribution in [1.82, 2.24) is 15.3 Å². The first kappa shape index (κ1) is 18.7. The molecule has 2 N–H and O–H groups in total. The van der Waals surface area contributed by atoms with Crippen molar-refractivity contribution < 1.29 is 9.47 Å². The Balaban J connectivity index is 1.43. The van der Waals surface area contributed by atoms with Crippen LogP contribution in [-0.4, -0.2) is 35.3 Å². The van der Waals surface area contributed by atoms with E-state index in [-0.39, 0.29) is 12.0 Å². The van der Waals surface area contributed by atoms with Gasteiger partial charge in [0.15, 0.2) is 0 Å². The van der Waals surface area contributed by atoms with E-state index < -0.39 is 0 Å². The van der Waals surface area contributed by atoms with Gasteiger partial charge in [-0.1, -0.05) is 19.1 Å². The maximum absolute atomic E-state index is 6.16. The zero-order chi connectivity index (χ0) is 18.4. The van der Waals surface area contributed by atoms with E-state index in [1.54, 1.807) is 6.33 Å². The molecule has 0 spiro atoms. The second-order valence-electron chi connectivity index (χ2n) is 7.03. The molecule has 0 radical (unpaired) electrons. The van der Waals surface area contributed by atoms with Crippen LogP contribution in [0.25, 0.3) is 6.08 Å². The van der Waals surface area contributed by atoms with Crippen LogP contribution in [0.4, 0.5) is 0 Å². The summed E-state index contributed by atoms with van der Waals surface area (Å²) < 4.78 is 11.7. The number of rotatable bonds is 9. The largest absolute Gasteiger partial charge is 0.486 e. The molecule has 0 saturated carbocycles. The summed E-state index contributed by atoms with van der Waals surface area (Å²) in [6.45, 7) is 8.92. The standard InChI is InChI=1S/C21H29N3O2/c1-15(2)25-12-4-11-22-13-17-5-7-18(8-6-17)26-20-10-9-19-21(16(20)3)24-14-23-19/h5-10,14-16,20,22H,4,11-13H2,1-3H3,(H,23,24). The quantitative estimate of drug-likeness (QED) is 0.670. The predicted octanol–water partition coefficient (Wildman–Crippen LogP) is 3.89. The van der Waals surface area contributed by atoms with Gasteiger partial charge in [-0.3, -0.25) is 0 Å². The average molecular weight is 355 g/mol. The molecule has 1 aliphatic carbocycles. The molecular formula is C21H29N3O2. The molecule has 0 bridgehead atoms. The maximum atomic E-state index is 6.16. The first-order chi connectivity index (χ1) is 12.6. The summed E-state index contributed by atoms with van der Waals surface area (Å²) in [7, 11) is 0. The van der Waals surface area contributed by atoms with Gasteiger partial charge < -0.3 is 19.8 Å². The van der Waals surface area contributed by atoms with Gasteiger partial charge in [-0.25, -0.2) is 4.98 Å². The highest BCUT2D eigenvalue weighted by molar-refractivity contribution is 5.53. The Morgan fingerprint density at radius 1 is 1.23 bits per heavy atom. The molecule has 0 saturated heterocycles. The number of aromatic nitrogens is 2. The van der Waals surface area contributed by atoms with E-state index in [0.717, 1.165) is 43.3 Å². The van der Waals surface area contributed by atoms with Crippen molar-refractivity contribution >= 4 is 6.08 Å². The third kappa shape index (κ3) is 4.96. The lowest BCUT2D eigenvalue weighted by molar-refractivity contribution is 0.0770. The van der Waals surface area contributed by atoms with Gasteiger partial charge in [-0.05, 0) is 56.7 Å². The summed E-state index contributed by atoms with van der Waals surface area (Å²) >= 11 is 0. The lowest BCUT2D eigenvalue weighted by atomic mass is 9.94. The molecule has 5 nitrogen and oxygen atoms in total. The number of imidazole rings is 1. The van der Waals surface area contributed by atoms with Crippen molar-refractivity contribution in [1.29, 1.82) is 0 Å². The summed E-state index contributed by atoms with van der Waals surface area (Å²) in [6.07, 6.45) is 7.21. The Kier molecular flexibility index (Phi) is 6.47. The van der Waals surface area contributed by atoms with Crippen LogP contribution in [0.2, 0.25) is 0 Å². The molecule has 1 aliphatic rings. The Bertz CT molecular complexity index is 706. The van der Waals surface area contributed by atoms with Gasteiger partial charge >= 0.3 is 0 Å². The van der Waals surface area contributed by atoms with Crippen LogP contribution in [0.5, 0.6) is 5.75 Å². The number of fused-ring (bicyclic) bond motifs is 1. The molecule has 1 aromatic heterocycles. The third-order valence-corrected chi connectivity index (χ3v) is 4.57. The number of nitrogens with zero attached hydrogens (tertiary/aromatic N) is 1. The number of aromatic amines is 1. The molecule has 5 heteroatoms. The van der Waals surface area contributed by atoms with Crippen molar-refractivity contribution in [2.45, 2.75) is 51.9 Å². The van der Waals surface area contributed by atoms with Crippen LogP contribution in [0.3, 0.4) is 0 Å². The molecule has 1 aromatic carbocycles. The minimum Gasteiger partial charge on any atom is -0.486 e. The van der Waals surface area contributed by atoms with E-state index in [1.165, 1.54) is 5.56 Å². The fraction of sp³-hybridized carbons (Fsp3) is 0.476. The van der Waals surface area contributed by atoms with Crippen molar-refractivity contribution in [2.75, 3.05) is 13.2 Å². The summed E-state index contributed by atoms with van der Waals surface area (Å²) in [5, 5.41) is 3.45. The molecular weight excluding hydrogens is 326 g/mol. The number of H-pyrrole nitrogens is 1. The van der Waals surface area contributed by atoms with Crippen molar-refractivity contribution in [3.05, 3.63) is 53.6 Å². The van der Waals surface area contributed by atoms with E-state index >= 15 is 0 Å². The van der Waals surface area contributed by atoms with Crippen LogP contribution in [0.1, 0.15) is 50.1 Å². The molecule has 2 aromatic rings. The number of benzene rings is 1. The van der Waals surface area contributed by atoms with Crippen molar-refractivity contribution in [3.63, 3.8) is 0 Å². The number of ether oxygens (including phenoxy) is 2. The van der Waals surface area contributed by atoms with Crippen molar-refractivity contribution in [3.8, 4) is 5.75 Å². The van der Waals surface area contributed by atoms with Crippen LogP contribution in [-0.2, 0) is 11.3 Å². The van der Waals surface area contributed by atoms with E-state index in [1.807, 2.05) is 18.2 Å². The first-order valence-corrected chi connectivity index (χ1v) is 9.43. The topological polar surface area (TPSA) is 59.2 Å². The van der Waals surface area contributed by atoms with Crippen LogP contribution in [0, 0.1) is 0 Å². The lowest BCUT2D eigenvalue weighted by Crippen LogP contribution is -2.24. The Labute approximate surface area is 155 Å². The van der Waals surface area contributed by atoms with E-state index in [2.05, 4.69) is 54.3 Å². The zero-order valence-corrected chi connectivity index (χ0v) is 15.9. The summed E-state index contributed by atoms with van der Waals surface area (Å²) in [6, 6.07) is 8.32. The zero-order valence-electron chi connectivity index (χ0n) is 15.9. The van der Waals surface area contributed by atoms with Gasteiger partial charge in [0.05, 0.1) is 18.1 Å². The van der Waals surface area contributed by atoms with E-state index in [0.29, 0.717) is 6.10 Å². The van der Waals surface area contributed by atoms with Gasteiger partial charge in [0.1, 0.15) is 11.9 Å². The highest BCUT2D eigenvalue weighted by Gasteiger charge is 2.25. The fourth-order valence-corrected chi connectivity index (χ4v) is 3.06. The molecule has 2 unspecified atom stereocenters. The van der Waals surface area contributed by atoms with E-state index in [9.17, 15) is 0 Å². The minimum absolute atomic E-state index is 0.0212. The summed E-state index contributed by atoms with van der Waals surface area (Å²) in [5.74, 6) is 1.15. The number of hydrogen-bond donors (Lipinski definition) is 2. The number of nitrogens with one attached hydrogen (secondary N) is 2. The Morgan fingerprint density at radius 3 is 2.81 bits per heavy atom. The monoisotopic (exact) mass is 355 g/mol. The molecule has 26 heavy (non-hydrogen) atoms. The Morgan fingerprint density at radius 2 is 2.04 bits per heavy atom. The third-order valence-electron chi connectivity index (χ3n) is 4.57. The summed E-state index contributed by atoms with van der Waals surface area (Å²) in [4.78, 5) is 7.52. The van der Waals surface area contributed by atoms with E-state index in [4.69, 9.17) is 9.47 Å². The molecule has 3 rings (SSSR count). The smallest absolute Gasteiger partial charge is 0.125 e.